The van der Waals surface area contributed by atoms with Gasteiger partial charge in [-0.25, -0.2) is 4.79 Å². The van der Waals surface area contributed by atoms with E-state index in [1.165, 1.54) is 18.4 Å². The molecule has 1 aromatic rings. The van der Waals surface area contributed by atoms with Crippen molar-refractivity contribution in [3.63, 3.8) is 0 Å². The second kappa shape index (κ2) is 5.92. The molecular weight excluding hydrogens is 278 g/mol. The van der Waals surface area contributed by atoms with Gasteiger partial charge in [0.1, 0.15) is 5.60 Å². The maximum Gasteiger partial charge on any atom is 0.408 e. The summed E-state index contributed by atoms with van der Waals surface area (Å²) in [5.41, 5.74) is 1.91. The minimum absolute atomic E-state index is 0.00511. The average molecular weight is 303 g/mol. The molecule has 2 aliphatic rings. The second-order valence-corrected chi connectivity index (χ2v) is 7.34. The standard InChI is InChI=1S/C18H25NO3/c1-18(2,3)22-17(20)19-16-14-7-5-4-6-13(14)10-15(16)21-11-12-8-9-12/h4-7,12,15-16H,8-11H2,1-3H3,(H,19,20)/t15-,16-/m0/s1. The fourth-order valence-electron chi connectivity index (χ4n) is 2.86. The third-order valence-corrected chi connectivity index (χ3v) is 4.10. The van der Waals surface area contributed by atoms with E-state index in [2.05, 4.69) is 17.4 Å². The molecule has 0 unspecified atom stereocenters. The lowest BCUT2D eigenvalue weighted by Crippen LogP contribution is -2.39. The summed E-state index contributed by atoms with van der Waals surface area (Å²) in [4.78, 5) is 12.1. The molecule has 1 aromatic carbocycles. The average Bonchev–Trinajstić information content (AvgIpc) is 3.18. The van der Waals surface area contributed by atoms with E-state index in [-0.39, 0.29) is 18.2 Å². The van der Waals surface area contributed by atoms with Crippen LogP contribution in [0.15, 0.2) is 24.3 Å². The monoisotopic (exact) mass is 303 g/mol. The van der Waals surface area contributed by atoms with Crippen LogP contribution in [0.25, 0.3) is 0 Å². The van der Waals surface area contributed by atoms with Crippen LogP contribution in [0.4, 0.5) is 4.79 Å². The normalized spacial score (nSPS) is 24.0. The molecule has 0 radical (unpaired) electrons. The molecule has 1 fully saturated rings. The number of hydrogen-bond donors (Lipinski definition) is 1. The van der Waals surface area contributed by atoms with E-state index in [9.17, 15) is 4.79 Å². The molecule has 0 spiro atoms. The van der Waals surface area contributed by atoms with E-state index in [4.69, 9.17) is 9.47 Å². The van der Waals surface area contributed by atoms with Crippen LogP contribution >= 0.6 is 0 Å². The highest BCUT2D eigenvalue weighted by Gasteiger charge is 2.36. The number of carbonyl (C=O) groups excluding carboxylic acids is 1. The van der Waals surface area contributed by atoms with Gasteiger partial charge in [0.2, 0.25) is 0 Å². The maximum absolute atomic E-state index is 12.1. The summed E-state index contributed by atoms with van der Waals surface area (Å²) in [5.74, 6) is 0.714. The van der Waals surface area contributed by atoms with E-state index >= 15 is 0 Å². The molecule has 1 saturated carbocycles. The van der Waals surface area contributed by atoms with Crippen LogP contribution < -0.4 is 5.32 Å². The van der Waals surface area contributed by atoms with E-state index in [0.717, 1.165) is 18.6 Å². The zero-order valence-electron chi connectivity index (χ0n) is 13.6. The molecule has 3 rings (SSSR count). The van der Waals surface area contributed by atoms with E-state index < -0.39 is 5.60 Å². The van der Waals surface area contributed by atoms with Crippen LogP contribution in [0, 0.1) is 5.92 Å². The van der Waals surface area contributed by atoms with Crippen molar-refractivity contribution in [3.05, 3.63) is 35.4 Å². The summed E-state index contributed by atoms with van der Waals surface area (Å²) in [6.07, 6.45) is 3.01. The van der Waals surface area contributed by atoms with Crippen molar-refractivity contribution in [1.29, 1.82) is 0 Å². The lowest BCUT2D eigenvalue weighted by atomic mass is 10.1. The van der Waals surface area contributed by atoms with Gasteiger partial charge in [0.15, 0.2) is 0 Å². The number of amides is 1. The fourth-order valence-corrected chi connectivity index (χ4v) is 2.86. The summed E-state index contributed by atoms with van der Waals surface area (Å²) in [6, 6.07) is 8.10. The summed E-state index contributed by atoms with van der Waals surface area (Å²) in [5, 5.41) is 3.00. The highest BCUT2D eigenvalue weighted by Crippen LogP contribution is 2.36. The zero-order chi connectivity index (χ0) is 15.7. The van der Waals surface area contributed by atoms with E-state index in [1.54, 1.807) is 0 Å². The van der Waals surface area contributed by atoms with Crippen LogP contribution in [0.5, 0.6) is 0 Å². The van der Waals surface area contributed by atoms with Gasteiger partial charge >= 0.3 is 6.09 Å². The number of ether oxygens (including phenoxy) is 2. The van der Waals surface area contributed by atoms with E-state index in [1.807, 2.05) is 32.9 Å². The number of rotatable bonds is 4. The number of hydrogen-bond acceptors (Lipinski definition) is 3. The lowest BCUT2D eigenvalue weighted by molar-refractivity contribution is 0.0159. The number of alkyl carbamates (subject to hydrolysis) is 1. The topological polar surface area (TPSA) is 47.6 Å². The van der Waals surface area contributed by atoms with Crippen molar-refractivity contribution in [2.75, 3.05) is 6.61 Å². The largest absolute Gasteiger partial charge is 0.444 e. The molecule has 4 nitrogen and oxygen atoms in total. The predicted octanol–water partition coefficient (Wildman–Crippen LogP) is 3.60. The van der Waals surface area contributed by atoms with Gasteiger partial charge in [-0.1, -0.05) is 24.3 Å². The first-order valence-electron chi connectivity index (χ1n) is 8.11. The molecule has 1 amide bonds. The molecule has 0 heterocycles. The smallest absolute Gasteiger partial charge is 0.408 e. The van der Waals surface area contributed by atoms with Gasteiger partial charge < -0.3 is 14.8 Å². The SMILES string of the molecule is CC(C)(C)OC(=O)N[C@H]1c2ccccc2C[C@@H]1OCC1CC1. The van der Waals surface area contributed by atoms with Crippen LogP contribution in [0.2, 0.25) is 0 Å². The maximum atomic E-state index is 12.1. The Morgan fingerprint density at radius 2 is 2.00 bits per heavy atom. The second-order valence-electron chi connectivity index (χ2n) is 7.34. The number of benzene rings is 1. The van der Waals surface area contributed by atoms with Crippen molar-refractivity contribution < 1.29 is 14.3 Å². The third-order valence-electron chi connectivity index (χ3n) is 4.10. The van der Waals surface area contributed by atoms with Gasteiger partial charge in [-0.05, 0) is 50.7 Å². The Labute approximate surface area is 132 Å². The van der Waals surface area contributed by atoms with Gasteiger partial charge in [0.25, 0.3) is 0 Å². The Bertz CT molecular complexity index is 546. The van der Waals surface area contributed by atoms with Gasteiger partial charge in [-0.2, -0.15) is 0 Å². The Morgan fingerprint density at radius 3 is 2.68 bits per heavy atom. The van der Waals surface area contributed by atoms with Gasteiger partial charge in [-0.15, -0.1) is 0 Å². The highest BCUT2D eigenvalue weighted by atomic mass is 16.6. The van der Waals surface area contributed by atoms with Gasteiger partial charge in [0.05, 0.1) is 12.1 Å². The summed E-state index contributed by atoms with van der Waals surface area (Å²) < 4.78 is 11.5. The zero-order valence-corrected chi connectivity index (χ0v) is 13.6. The number of nitrogens with one attached hydrogen (secondary N) is 1. The first-order chi connectivity index (χ1) is 10.4. The summed E-state index contributed by atoms with van der Waals surface area (Å²) in [7, 11) is 0. The molecule has 0 aliphatic heterocycles. The van der Waals surface area contributed by atoms with Gasteiger partial charge in [0, 0.05) is 13.0 Å². The fraction of sp³-hybridized carbons (Fsp3) is 0.611. The van der Waals surface area contributed by atoms with Crippen LogP contribution in [0.3, 0.4) is 0 Å². The van der Waals surface area contributed by atoms with Crippen LogP contribution in [0.1, 0.15) is 50.8 Å². The first kappa shape index (κ1) is 15.3. The summed E-state index contributed by atoms with van der Waals surface area (Å²) >= 11 is 0. The molecular formula is C18H25NO3. The van der Waals surface area contributed by atoms with Crippen molar-refractivity contribution >= 4 is 6.09 Å². The van der Waals surface area contributed by atoms with E-state index in [0.29, 0.717) is 5.92 Å². The summed E-state index contributed by atoms with van der Waals surface area (Å²) in [6.45, 7) is 6.41. The molecule has 2 atom stereocenters. The lowest BCUT2D eigenvalue weighted by Gasteiger charge is -2.25. The molecule has 0 bridgehead atoms. The number of fused-ring (bicyclic) bond motifs is 1. The Balaban J connectivity index is 1.69. The van der Waals surface area contributed by atoms with Crippen molar-refractivity contribution in [2.24, 2.45) is 5.92 Å². The first-order valence-corrected chi connectivity index (χ1v) is 8.11. The minimum Gasteiger partial charge on any atom is -0.444 e. The Morgan fingerprint density at radius 1 is 1.27 bits per heavy atom. The molecule has 0 saturated heterocycles. The molecule has 120 valence electrons. The van der Waals surface area contributed by atoms with Crippen molar-refractivity contribution in [1.82, 2.24) is 5.32 Å². The minimum atomic E-state index is -0.493. The third kappa shape index (κ3) is 3.80. The van der Waals surface area contributed by atoms with Crippen LogP contribution in [-0.2, 0) is 15.9 Å². The van der Waals surface area contributed by atoms with Crippen molar-refractivity contribution in [2.45, 2.75) is 57.8 Å². The highest BCUT2D eigenvalue weighted by molar-refractivity contribution is 5.69. The molecule has 1 N–H and O–H groups in total. The molecule has 2 aliphatic carbocycles. The molecule has 4 heteroatoms. The molecule has 0 aromatic heterocycles. The number of carbonyl (C=O) groups is 1. The quantitative estimate of drug-likeness (QED) is 0.924. The predicted molar refractivity (Wildman–Crippen MR) is 84.7 cm³/mol. The van der Waals surface area contributed by atoms with Crippen molar-refractivity contribution in [3.8, 4) is 0 Å². The Kier molecular flexibility index (Phi) is 4.13. The Hall–Kier alpha value is -1.55. The van der Waals surface area contributed by atoms with Gasteiger partial charge in [-0.3, -0.25) is 0 Å². The molecule has 22 heavy (non-hydrogen) atoms. The van der Waals surface area contributed by atoms with Crippen LogP contribution in [-0.4, -0.2) is 24.4 Å².